The third kappa shape index (κ3) is 2.33. The molecule has 1 saturated carbocycles. The number of hydrogen-bond acceptors (Lipinski definition) is 3. The Kier molecular flexibility index (Phi) is 4.27. The van der Waals surface area contributed by atoms with E-state index in [2.05, 4.69) is 17.9 Å². The van der Waals surface area contributed by atoms with Gasteiger partial charge in [-0.1, -0.05) is 19.1 Å². The molecule has 0 N–H and O–H groups in total. The second kappa shape index (κ2) is 5.30. The maximum Gasteiger partial charge on any atom is 0.313 e. The highest BCUT2D eigenvalue weighted by Gasteiger charge is 2.49. The summed E-state index contributed by atoms with van der Waals surface area (Å²) in [5.41, 5.74) is -0.558. The van der Waals surface area contributed by atoms with Gasteiger partial charge in [-0.15, -0.1) is 13.2 Å². The fourth-order valence-corrected chi connectivity index (χ4v) is 2.77. The molecule has 0 unspecified atom stereocenters. The Balaban J connectivity index is 2.94. The average Bonchev–Trinajstić information content (AvgIpc) is 2.66. The molecule has 94 valence electrons. The lowest BCUT2D eigenvalue weighted by atomic mass is 9.69. The van der Waals surface area contributed by atoms with Gasteiger partial charge in [0.25, 0.3) is 0 Å². The van der Waals surface area contributed by atoms with Crippen molar-refractivity contribution >= 4 is 11.8 Å². The zero-order valence-corrected chi connectivity index (χ0v) is 10.6. The van der Waals surface area contributed by atoms with Crippen LogP contribution in [0.5, 0.6) is 0 Å². The molecular formula is C14H20O3. The fourth-order valence-electron chi connectivity index (χ4n) is 2.77. The van der Waals surface area contributed by atoms with Gasteiger partial charge in [0.05, 0.1) is 7.11 Å². The molecule has 0 aliphatic heterocycles. The van der Waals surface area contributed by atoms with E-state index in [-0.39, 0.29) is 24.0 Å². The first kappa shape index (κ1) is 13.7. The van der Waals surface area contributed by atoms with Crippen molar-refractivity contribution in [3.8, 4) is 0 Å². The minimum Gasteiger partial charge on any atom is -0.469 e. The van der Waals surface area contributed by atoms with Crippen LogP contribution in [0.15, 0.2) is 25.3 Å². The number of methoxy groups -OCH3 is 1. The lowest BCUT2D eigenvalue weighted by molar-refractivity contribution is -0.146. The first-order valence-corrected chi connectivity index (χ1v) is 5.85. The van der Waals surface area contributed by atoms with Crippen LogP contribution in [0.1, 0.15) is 26.2 Å². The third-order valence-corrected chi connectivity index (χ3v) is 4.03. The number of allylic oxidation sites excluding steroid dienone is 2. The van der Waals surface area contributed by atoms with Crippen LogP contribution in [0.25, 0.3) is 0 Å². The van der Waals surface area contributed by atoms with Gasteiger partial charge < -0.3 is 4.74 Å². The smallest absolute Gasteiger partial charge is 0.313 e. The van der Waals surface area contributed by atoms with Crippen LogP contribution in [0.2, 0.25) is 0 Å². The summed E-state index contributed by atoms with van der Waals surface area (Å²) in [6.45, 7) is 9.48. The summed E-state index contributed by atoms with van der Waals surface area (Å²) in [6.07, 6.45) is 5.31. The van der Waals surface area contributed by atoms with Gasteiger partial charge in [-0.3, -0.25) is 9.59 Å². The second-order valence-corrected chi connectivity index (χ2v) is 4.72. The Bertz CT molecular complexity index is 327. The summed E-state index contributed by atoms with van der Waals surface area (Å²) in [6, 6.07) is 0. The molecule has 17 heavy (non-hydrogen) atoms. The minimum atomic E-state index is -0.558. The van der Waals surface area contributed by atoms with Gasteiger partial charge in [-0.05, 0) is 24.7 Å². The van der Waals surface area contributed by atoms with E-state index in [1.807, 2.05) is 19.1 Å². The van der Waals surface area contributed by atoms with Gasteiger partial charge in [-0.25, -0.2) is 0 Å². The summed E-state index contributed by atoms with van der Waals surface area (Å²) in [5.74, 6) is -0.323. The normalized spacial score (nSPS) is 26.2. The first-order valence-electron chi connectivity index (χ1n) is 5.85. The number of ether oxygens (including phenoxy) is 1. The molecule has 2 atom stereocenters. The first-order chi connectivity index (χ1) is 8.00. The molecule has 0 spiro atoms. The van der Waals surface area contributed by atoms with Crippen molar-refractivity contribution in [2.75, 3.05) is 7.11 Å². The predicted octanol–water partition coefficient (Wildman–Crippen LogP) is 2.52. The lowest BCUT2D eigenvalue weighted by Crippen LogP contribution is -2.37. The van der Waals surface area contributed by atoms with Crippen molar-refractivity contribution in [1.29, 1.82) is 0 Å². The van der Waals surface area contributed by atoms with Crippen LogP contribution in [-0.4, -0.2) is 18.9 Å². The molecule has 1 rings (SSSR count). The van der Waals surface area contributed by atoms with Gasteiger partial charge in [0, 0.05) is 5.41 Å². The lowest BCUT2D eigenvalue weighted by Gasteiger charge is -2.32. The van der Waals surface area contributed by atoms with E-state index in [1.54, 1.807) is 0 Å². The highest BCUT2D eigenvalue weighted by atomic mass is 16.5. The number of hydrogen-bond donors (Lipinski definition) is 0. The zero-order valence-electron chi connectivity index (χ0n) is 10.6. The quantitative estimate of drug-likeness (QED) is 0.418. The highest BCUT2D eigenvalue weighted by molar-refractivity contribution is 5.99. The summed E-state index contributed by atoms with van der Waals surface area (Å²) in [7, 11) is 1.29. The molecule has 0 heterocycles. The topological polar surface area (TPSA) is 43.4 Å². The van der Waals surface area contributed by atoms with Crippen LogP contribution in [0, 0.1) is 17.3 Å². The number of carbonyl (C=O) groups is 2. The maximum atomic E-state index is 12.3. The molecule has 0 bridgehead atoms. The molecule has 1 aliphatic carbocycles. The molecule has 0 amide bonds. The van der Waals surface area contributed by atoms with Gasteiger partial charge in [0.15, 0.2) is 5.78 Å². The maximum absolute atomic E-state index is 12.3. The monoisotopic (exact) mass is 236 g/mol. The minimum absolute atomic E-state index is 0.0725. The second-order valence-electron chi connectivity index (χ2n) is 4.72. The van der Waals surface area contributed by atoms with Gasteiger partial charge in [0.1, 0.15) is 6.42 Å². The zero-order chi connectivity index (χ0) is 13.1. The van der Waals surface area contributed by atoms with E-state index in [0.29, 0.717) is 0 Å². The number of carbonyl (C=O) groups excluding carboxylic acids is 2. The summed E-state index contributed by atoms with van der Waals surface area (Å²) >= 11 is 0. The van der Waals surface area contributed by atoms with E-state index in [1.165, 1.54) is 7.11 Å². The van der Waals surface area contributed by atoms with Crippen molar-refractivity contribution in [3.63, 3.8) is 0 Å². The van der Waals surface area contributed by atoms with Crippen molar-refractivity contribution < 1.29 is 14.3 Å². The number of esters is 1. The van der Waals surface area contributed by atoms with Crippen LogP contribution >= 0.6 is 0 Å². The molecule has 1 fully saturated rings. The summed E-state index contributed by atoms with van der Waals surface area (Å²) in [5, 5.41) is 0. The fraction of sp³-hybridized carbons (Fsp3) is 0.571. The number of Topliss-reactive ketones (excluding diaryl/α,β-unsaturated/α-hetero) is 1. The third-order valence-electron chi connectivity index (χ3n) is 4.03. The molecule has 0 radical (unpaired) electrons. The largest absolute Gasteiger partial charge is 0.469 e. The highest BCUT2D eigenvalue weighted by Crippen LogP contribution is 2.50. The van der Waals surface area contributed by atoms with Gasteiger partial charge in [-0.2, -0.15) is 0 Å². The molecule has 0 aromatic rings. The Labute approximate surface area is 103 Å². The van der Waals surface area contributed by atoms with E-state index >= 15 is 0 Å². The van der Waals surface area contributed by atoms with Gasteiger partial charge in [0.2, 0.25) is 0 Å². The Morgan fingerprint density at radius 3 is 2.12 bits per heavy atom. The molecule has 1 aliphatic rings. The molecule has 0 saturated heterocycles. The van der Waals surface area contributed by atoms with Crippen LogP contribution in [0.4, 0.5) is 0 Å². The predicted molar refractivity (Wildman–Crippen MR) is 66.4 cm³/mol. The van der Waals surface area contributed by atoms with E-state index in [4.69, 9.17) is 0 Å². The number of rotatable bonds is 5. The van der Waals surface area contributed by atoms with Crippen LogP contribution in [-0.2, 0) is 14.3 Å². The molecule has 3 heteroatoms. The van der Waals surface area contributed by atoms with Crippen molar-refractivity contribution in [2.45, 2.75) is 26.2 Å². The molecule has 3 nitrogen and oxygen atoms in total. The molecule has 0 aromatic carbocycles. The molecular weight excluding hydrogens is 216 g/mol. The van der Waals surface area contributed by atoms with Crippen LogP contribution in [0.3, 0.4) is 0 Å². The average molecular weight is 236 g/mol. The van der Waals surface area contributed by atoms with E-state index < -0.39 is 11.4 Å². The van der Waals surface area contributed by atoms with E-state index in [9.17, 15) is 9.59 Å². The Morgan fingerprint density at radius 2 is 1.76 bits per heavy atom. The van der Waals surface area contributed by atoms with Gasteiger partial charge >= 0.3 is 5.97 Å². The number of ketones is 1. The standard InChI is InChI=1S/C14H20O3/c1-5-10-7-8-11(6-2)14(10,3)12(15)9-13(16)17-4/h5-6,10-11H,1-2,7-9H2,3-4H3/t10-,11-/m0/s1. The van der Waals surface area contributed by atoms with E-state index in [0.717, 1.165) is 12.8 Å². The molecule has 0 aromatic heterocycles. The summed E-state index contributed by atoms with van der Waals surface area (Å²) < 4.78 is 4.55. The Hall–Kier alpha value is -1.38. The summed E-state index contributed by atoms with van der Waals surface area (Å²) in [4.78, 5) is 23.5. The van der Waals surface area contributed by atoms with Crippen LogP contribution < -0.4 is 0 Å². The van der Waals surface area contributed by atoms with Crippen molar-refractivity contribution in [1.82, 2.24) is 0 Å². The Morgan fingerprint density at radius 1 is 1.29 bits per heavy atom. The van der Waals surface area contributed by atoms with Crippen molar-refractivity contribution in [2.24, 2.45) is 17.3 Å². The SMILES string of the molecule is C=C[C@H]1CC[C@H](C=C)C1(C)C(=O)CC(=O)OC. The van der Waals surface area contributed by atoms with Crippen molar-refractivity contribution in [3.05, 3.63) is 25.3 Å².